The van der Waals surface area contributed by atoms with Gasteiger partial charge in [0.1, 0.15) is 0 Å². The largest absolute Gasteiger partial charge is 0.0613 e. The summed E-state index contributed by atoms with van der Waals surface area (Å²) in [5.74, 6) is 0. The summed E-state index contributed by atoms with van der Waals surface area (Å²) in [6, 6.07) is 11.3. The summed E-state index contributed by atoms with van der Waals surface area (Å²) in [6.07, 6.45) is 1.22. The number of hydrogen-bond donors (Lipinski definition) is 0. The second kappa shape index (κ2) is 3.38. The normalized spacial score (nSPS) is 20.1. The standard InChI is InChI=1S/C18H22/c1-12-9-10-13-7-6-8-14-15(13)16(12)18(4,5)11-17(14,2)3/h6-10H,11H2,1-5H3. The Bertz CT molecular complexity index is 630. The first-order valence-corrected chi connectivity index (χ1v) is 6.86. The molecule has 3 rings (SSSR count). The summed E-state index contributed by atoms with van der Waals surface area (Å²) in [4.78, 5) is 0. The number of rotatable bonds is 0. The fourth-order valence-corrected chi connectivity index (χ4v) is 4.21. The Kier molecular flexibility index (Phi) is 2.21. The van der Waals surface area contributed by atoms with Crippen LogP contribution in [0.5, 0.6) is 0 Å². The third-order valence-corrected chi connectivity index (χ3v) is 4.54. The van der Waals surface area contributed by atoms with Crippen molar-refractivity contribution >= 4 is 10.8 Å². The maximum absolute atomic E-state index is 2.40. The summed E-state index contributed by atoms with van der Waals surface area (Å²) < 4.78 is 0. The van der Waals surface area contributed by atoms with Crippen LogP contribution >= 0.6 is 0 Å². The Morgan fingerprint density at radius 1 is 0.889 bits per heavy atom. The Balaban J connectivity index is 2.55. The van der Waals surface area contributed by atoms with E-state index in [1.165, 1.54) is 28.3 Å². The molecule has 0 spiro atoms. The van der Waals surface area contributed by atoms with Gasteiger partial charge in [-0.1, -0.05) is 58.0 Å². The van der Waals surface area contributed by atoms with Crippen LogP contribution in [0.25, 0.3) is 10.8 Å². The monoisotopic (exact) mass is 238 g/mol. The topological polar surface area (TPSA) is 0 Å². The number of aryl methyl sites for hydroxylation is 1. The zero-order valence-corrected chi connectivity index (χ0v) is 12.1. The molecule has 0 saturated heterocycles. The highest BCUT2D eigenvalue weighted by Crippen LogP contribution is 2.49. The molecule has 0 saturated carbocycles. The molecule has 2 aromatic carbocycles. The molecule has 0 heteroatoms. The lowest BCUT2D eigenvalue weighted by Gasteiger charge is -2.43. The van der Waals surface area contributed by atoms with Crippen molar-refractivity contribution in [3.63, 3.8) is 0 Å². The molecule has 0 bridgehead atoms. The average molecular weight is 238 g/mol. The maximum atomic E-state index is 2.40. The van der Waals surface area contributed by atoms with E-state index in [2.05, 4.69) is 65.0 Å². The minimum Gasteiger partial charge on any atom is -0.0613 e. The molecule has 94 valence electrons. The lowest BCUT2D eigenvalue weighted by atomic mass is 9.61. The summed E-state index contributed by atoms with van der Waals surface area (Å²) in [5.41, 5.74) is 5.06. The average Bonchev–Trinajstić information content (AvgIpc) is 2.24. The SMILES string of the molecule is Cc1ccc2cccc3c2c1C(C)(C)CC3(C)C. The molecule has 0 unspecified atom stereocenters. The molecule has 0 radical (unpaired) electrons. The van der Waals surface area contributed by atoms with Crippen molar-refractivity contribution in [2.24, 2.45) is 0 Å². The summed E-state index contributed by atoms with van der Waals surface area (Å²) in [6.45, 7) is 11.8. The molecule has 0 aliphatic heterocycles. The molecule has 18 heavy (non-hydrogen) atoms. The van der Waals surface area contributed by atoms with Crippen molar-refractivity contribution in [2.75, 3.05) is 0 Å². The number of hydrogen-bond acceptors (Lipinski definition) is 0. The van der Waals surface area contributed by atoms with Gasteiger partial charge >= 0.3 is 0 Å². The molecule has 1 aliphatic carbocycles. The van der Waals surface area contributed by atoms with Crippen LogP contribution in [0.1, 0.15) is 50.8 Å². The maximum Gasteiger partial charge on any atom is -0.00864 e. The van der Waals surface area contributed by atoms with Crippen molar-refractivity contribution in [1.29, 1.82) is 0 Å². The van der Waals surface area contributed by atoms with E-state index < -0.39 is 0 Å². The highest BCUT2D eigenvalue weighted by molar-refractivity contribution is 5.92. The van der Waals surface area contributed by atoms with Crippen molar-refractivity contribution in [2.45, 2.75) is 51.9 Å². The highest BCUT2D eigenvalue weighted by atomic mass is 14.4. The minimum atomic E-state index is 0.265. The van der Waals surface area contributed by atoms with Gasteiger partial charge in [-0.3, -0.25) is 0 Å². The van der Waals surface area contributed by atoms with E-state index in [1.54, 1.807) is 5.56 Å². The first-order chi connectivity index (χ1) is 8.33. The lowest BCUT2D eigenvalue weighted by Crippen LogP contribution is -2.35. The summed E-state index contributed by atoms with van der Waals surface area (Å²) in [7, 11) is 0. The molecule has 0 N–H and O–H groups in total. The quantitative estimate of drug-likeness (QED) is 0.598. The van der Waals surface area contributed by atoms with Crippen LogP contribution < -0.4 is 0 Å². The third-order valence-electron chi connectivity index (χ3n) is 4.54. The van der Waals surface area contributed by atoms with Crippen molar-refractivity contribution in [1.82, 2.24) is 0 Å². The predicted octanol–water partition coefficient (Wildman–Crippen LogP) is 5.11. The van der Waals surface area contributed by atoms with Gasteiger partial charge in [-0.05, 0) is 51.6 Å². The molecule has 0 aromatic heterocycles. The third kappa shape index (κ3) is 1.44. The van der Waals surface area contributed by atoms with E-state index in [1.807, 2.05) is 0 Å². The fraction of sp³-hybridized carbons (Fsp3) is 0.444. The van der Waals surface area contributed by atoms with Gasteiger partial charge in [0.05, 0.1) is 0 Å². The fourth-order valence-electron chi connectivity index (χ4n) is 4.21. The molecule has 0 nitrogen and oxygen atoms in total. The molecular weight excluding hydrogens is 216 g/mol. The smallest absolute Gasteiger partial charge is 0.00864 e. The van der Waals surface area contributed by atoms with E-state index in [9.17, 15) is 0 Å². The zero-order chi connectivity index (χ0) is 13.1. The number of benzene rings is 2. The van der Waals surface area contributed by atoms with Gasteiger partial charge in [0.2, 0.25) is 0 Å². The second-order valence-electron chi connectivity index (χ2n) is 7.11. The van der Waals surface area contributed by atoms with E-state index >= 15 is 0 Å². The van der Waals surface area contributed by atoms with E-state index in [-0.39, 0.29) is 10.8 Å². The first-order valence-electron chi connectivity index (χ1n) is 6.86. The van der Waals surface area contributed by atoms with Gasteiger partial charge in [0.15, 0.2) is 0 Å². The predicted molar refractivity (Wildman–Crippen MR) is 79.4 cm³/mol. The van der Waals surface area contributed by atoms with Crippen molar-refractivity contribution < 1.29 is 0 Å². The summed E-state index contributed by atoms with van der Waals surface area (Å²) >= 11 is 0. The van der Waals surface area contributed by atoms with Gasteiger partial charge in [-0.2, -0.15) is 0 Å². The van der Waals surface area contributed by atoms with Gasteiger partial charge in [-0.25, -0.2) is 0 Å². The summed E-state index contributed by atoms with van der Waals surface area (Å²) in [5, 5.41) is 2.91. The van der Waals surface area contributed by atoms with Crippen LogP contribution in [0.4, 0.5) is 0 Å². The van der Waals surface area contributed by atoms with Crippen LogP contribution in [0.3, 0.4) is 0 Å². The van der Waals surface area contributed by atoms with E-state index in [4.69, 9.17) is 0 Å². The van der Waals surface area contributed by atoms with Gasteiger partial charge in [0.25, 0.3) is 0 Å². The molecule has 0 heterocycles. The molecular formula is C18H22. The van der Waals surface area contributed by atoms with Crippen LogP contribution in [0, 0.1) is 6.92 Å². The Labute approximate surface area is 110 Å². The molecule has 0 amide bonds. The second-order valence-corrected chi connectivity index (χ2v) is 7.11. The van der Waals surface area contributed by atoms with Crippen LogP contribution in [-0.4, -0.2) is 0 Å². The highest BCUT2D eigenvalue weighted by Gasteiger charge is 2.39. The van der Waals surface area contributed by atoms with E-state index in [0.717, 1.165) is 0 Å². The zero-order valence-electron chi connectivity index (χ0n) is 12.1. The minimum absolute atomic E-state index is 0.265. The van der Waals surface area contributed by atoms with Crippen LogP contribution in [0.2, 0.25) is 0 Å². The lowest BCUT2D eigenvalue weighted by molar-refractivity contribution is 0.340. The molecule has 1 aliphatic rings. The van der Waals surface area contributed by atoms with Crippen LogP contribution in [-0.2, 0) is 10.8 Å². The first kappa shape index (κ1) is 11.8. The Morgan fingerprint density at radius 2 is 1.61 bits per heavy atom. The van der Waals surface area contributed by atoms with Crippen molar-refractivity contribution in [3.05, 3.63) is 47.0 Å². The molecule has 0 fully saturated rings. The van der Waals surface area contributed by atoms with Gasteiger partial charge in [-0.15, -0.1) is 0 Å². The van der Waals surface area contributed by atoms with Crippen LogP contribution in [0.15, 0.2) is 30.3 Å². The van der Waals surface area contributed by atoms with Crippen molar-refractivity contribution in [3.8, 4) is 0 Å². The van der Waals surface area contributed by atoms with Gasteiger partial charge < -0.3 is 0 Å². The van der Waals surface area contributed by atoms with Gasteiger partial charge in [0, 0.05) is 0 Å². The molecule has 2 aromatic rings. The molecule has 0 atom stereocenters. The van der Waals surface area contributed by atoms with E-state index in [0.29, 0.717) is 0 Å². The Morgan fingerprint density at radius 3 is 2.33 bits per heavy atom. The Hall–Kier alpha value is -1.30.